The van der Waals surface area contributed by atoms with Crippen LogP contribution in [0.5, 0.6) is 0 Å². The zero-order valence-corrected chi connectivity index (χ0v) is 14.1. The molecular formula is C14H28BN5O4. The maximum absolute atomic E-state index is 11.7. The van der Waals surface area contributed by atoms with E-state index in [4.69, 9.17) is 21.5 Å². The van der Waals surface area contributed by atoms with Crippen LogP contribution in [0.1, 0.15) is 25.7 Å². The lowest BCUT2D eigenvalue weighted by Gasteiger charge is -2.25. The Morgan fingerprint density at radius 1 is 1.42 bits per heavy atom. The Morgan fingerprint density at radius 3 is 2.58 bits per heavy atom. The second kappa shape index (κ2) is 7.26. The van der Waals surface area contributed by atoms with Crippen molar-refractivity contribution in [2.75, 3.05) is 26.7 Å². The Kier molecular flexibility index (Phi) is 5.74. The van der Waals surface area contributed by atoms with E-state index in [2.05, 4.69) is 10.3 Å². The summed E-state index contributed by atoms with van der Waals surface area (Å²) in [7, 11) is 0.264. The molecule has 0 spiro atoms. The van der Waals surface area contributed by atoms with Gasteiger partial charge in [0.15, 0.2) is 5.96 Å². The zero-order chi connectivity index (χ0) is 18.0. The highest BCUT2D eigenvalue weighted by molar-refractivity contribution is 6.40. The smallest absolute Gasteiger partial charge is 0.451 e. The maximum Gasteiger partial charge on any atom is 0.451 e. The molecule has 0 amide bonds. The highest BCUT2D eigenvalue weighted by Gasteiger charge is 2.50. The fourth-order valence-corrected chi connectivity index (χ4v) is 3.16. The second-order valence-electron chi connectivity index (χ2n) is 7.10. The van der Waals surface area contributed by atoms with Gasteiger partial charge >= 0.3 is 13.1 Å². The fraction of sp³-hybridized carbons (Fsp3) is 0.857. The highest BCUT2D eigenvalue weighted by Crippen LogP contribution is 2.32. The lowest BCUT2D eigenvalue weighted by atomic mass is 9.78. The maximum atomic E-state index is 11.7. The van der Waals surface area contributed by atoms with Gasteiger partial charge in [0.05, 0.1) is 0 Å². The third kappa shape index (κ3) is 4.38. The van der Waals surface area contributed by atoms with Gasteiger partial charge in [-0.3, -0.25) is 9.79 Å². The van der Waals surface area contributed by atoms with E-state index in [1.807, 2.05) is 4.90 Å². The molecule has 0 aromatic heterocycles. The van der Waals surface area contributed by atoms with Gasteiger partial charge in [0.25, 0.3) is 0 Å². The highest BCUT2D eigenvalue weighted by atomic mass is 16.4. The van der Waals surface area contributed by atoms with Crippen LogP contribution in [0.4, 0.5) is 0 Å². The van der Waals surface area contributed by atoms with E-state index in [0.29, 0.717) is 31.9 Å². The van der Waals surface area contributed by atoms with Crippen molar-refractivity contribution in [3.63, 3.8) is 0 Å². The fourth-order valence-electron chi connectivity index (χ4n) is 3.16. The molecule has 1 aliphatic carbocycles. The molecule has 0 bridgehead atoms. The molecule has 2 aliphatic rings. The number of nitrogens with one attached hydrogen (secondary N) is 1. The Hall–Kier alpha value is -1.36. The summed E-state index contributed by atoms with van der Waals surface area (Å²) in [5.74, 6) is -0.736. The van der Waals surface area contributed by atoms with Gasteiger partial charge < -0.3 is 36.8 Å². The van der Waals surface area contributed by atoms with Gasteiger partial charge in [0.1, 0.15) is 5.54 Å². The number of hydrogen-bond donors (Lipinski definition) is 6. The number of aliphatic imine (C=N–C) groups is 1. The van der Waals surface area contributed by atoms with Crippen molar-refractivity contribution in [1.82, 2.24) is 10.2 Å². The first-order valence-electron chi connectivity index (χ1n) is 8.33. The van der Waals surface area contributed by atoms with Gasteiger partial charge in [0.2, 0.25) is 0 Å². The molecule has 2 rings (SSSR count). The van der Waals surface area contributed by atoms with Crippen LogP contribution in [-0.2, 0) is 4.79 Å². The van der Waals surface area contributed by atoms with Crippen molar-refractivity contribution in [3.8, 4) is 0 Å². The molecule has 24 heavy (non-hydrogen) atoms. The van der Waals surface area contributed by atoms with Gasteiger partial charge in [-0.05, 0) is 25.6 Å². The largest absolute Gasteiger partial charge is 0.480 e. The molecule has 1 saturated carbocycles. The summed E-state index contributed by atoms with van der Waals surface area (Å²) >= 11 is 0. The second-order valence-corrected chi connectivity index (χ2v) is 7.10. The summed E-state index contributed by atoms with van der Waals surface area (Å²) in [4.78, 5) is 17.7. The van der Waals surface area contributed by atoms with Gasteiger partial charge in [-0.2, -0.15) is 0 Å². The normalized spacial score (nSPS) is 28.8. The SMILES string of the molecule is C/N=C(\NCC1(N)CC1)N1CC(CCCB(O)O)C(N)(C(=O)O)C1. The number of nitrogens with zero attached hydrogens (tertiary/aromatic N) is 2. The standard InChI is InChI=1S/C14H28BN5O4/c1-18-12(19-8-13(16)4-5-13)20-7-10(3-2-6-15(23)24)14(17,9-20)11(21)22/h10,23-24H,2-9,16-17H2,1H3,(H,18,19)(H,21,22). The molecule has 0 radical (unpaired) electrons. The van der Waals surface area contributed by atoms with Crippen LogP contribution in [0.2, 0.25) is 6.32 Å². The van der Waals surface area contributed by atoms with E-state index >= 15 is 0 Å². The minimum absolute atomic E-state index is 0.159. The molecule has 0 aromatic rings. The molecule has 2 fully saturated rings. The van der Waals surface area contributed by atoms with Gasteiger partial charge in [-0.1, -0.05) is 6.42 Å². The van der Waals surface area contributed by atoms with Crippen molar-refractivity contribution in [2.45, 2.75) is 43.1 Å². The van der Waals surface area contributed by atoms with Crippen molar-refractivity contribution in [1.29, 1.82) is 0 Å². The molecule has 2 unspecified atom stereocenters. The predicted octanol–water partition coefficient (Wildman–Crippen LogP) is -1.98. The Bertz CT molecular complexity index is 500. The lowest BCUT2D eigenvalue weighted by Crippen LogP contribution is -2.55. The van der Waals surface area contributed by atoms with Crippen molar-refractivity contribution < 1.29 is 19.9 Å². The number of nitrogens with two attached hydrogens (primary N) is 2. The average molecular weight is 341 g/mol. The van der Waals surface area contributed by atoms with Crippen molar-refractivity contribution >= 4 is 19.0 Å². The van der Waals surface area contributed by atoms with Crippen LogP contribution < -0.4 is 16.8 Å². The van der Waals surface area contributed by atoms with E-state index in [-0.39, 0.29) is 24.3 Å². The lowest BCUT2D eigenvalue weighted by molar-refractivity contribution is -0.144. The van der Waals surface area contributed by atoms with Crippen molar-refractivity contribution in [3.05, 3.63) is 0 Å². The molecular weight excluding hydrogens is 313 g/mol. The van der Waals surface area contributed by atoms with Gasteiger partial charge in [-0.25, -0.2) is 0 Å². The monoisotopic (exact) mass is 341 g/mol. The summed E-state index contributed by atoms with van der Waals surface area (Å²) in [5.41, 5.74) is 10.7. The number of aliphatic carboxylic acids is 1. The number of carbonyl (C=O) groups is 1. The van der Waals surface area contributed by atoms with Crippen LogP contribution in [0, 0.1) is 5.92 Å². The average Bonchev–Trinajstić information content (AvgIpc) is 3.13. The van der Waals surface area contributed by atoms with Crippen LogP contribution >= 0.6 is 0 Å². The molecule has 0 aromatic carbocycles. The van der Waals surface area contributed by atoms with Crippen LogP contribution in [0.3, 0.4) is 0 Å². The summed E-state index contributed by atoms with van der Waals surface area (Å²) in [6.45, 7) is 1.22. The summed E-state index contributed by atoms with van der Waals surface area (Å²) in [6, 6.07) is 0. The molecule has 136 valence electrons. The number of carboxylic acids is 1. The first-order valence-corrected chi connectivity index (χ1v) is 8.33. The third-order valence-corrected chi connectivity index (χ3v) is 5.04. The summed E-state index contributed by atoms with van der Waals surface area (Å²) in [5, 5.41) is 30.7. The molecule has 1 saturated heterocycles. The molecule has 1 heterocycles. The Balaban J connectivity index is 1.99. The Morgan fingerprint density at radius 2 is 2.08 bits per heavy atom. The van der Waals surface area contributed by atoms with Crippen LogP contribution in [0.25, 0.3) is 0 Å². The van der Waals surface area contributed by atoms with E-state index in [0.717, 1.165) is 12.8 Å². The number of carboxylic acid groups (broad SMARTS) is 1. The molecule has 9 nitrogen and oxygen atoms in total. The Labute approximate surface area is 142 Å². The first-order chi connectivity index (χ1) is 11.2. The zero-order valence-electron chi connectivity index (χ0n) is 14.1. The molecule has 2 atom stereocenters. The van der Waals surface area contributed by atoms with Crippen LogP contribution in [0.15, 0.2) is 4.99 Å². The summed E-state index contributed by atoms with van der Waals surface area (Å²) in [6.07, 6.45) is 3.15. The van der Waals surface area contributed by atoms with Crippen LogP contribution in [-0.4, -0.2) is 76.9 Å². The molecule has 8 N–H and O–H groups in total. The van der Waals surface area contributed by atoms with E-state index in [1.54, 1.807) is 7.05 Å². The summed E-state index contributed by atoms with van der Waals surface area (Å²) < 4.78 is 0. The minimum Gasteiger partial charge on any atom is -0.480 e. The molecule has 1 aliphatic heterocycles. The third-order valence-electron chi connectivity index (χ3n) is 5.04. The topological polar surface area (TPSA) is 157 Å². The van der Waals surface area contributed by atoms with Crippen molar-refractivity contribution in [2.24, 2.45) is 22.4 Å². The number of likely N-dealkylation sites (tertiary alicyclic amines) is 1. The number of hydrogen-bond acceptors (Lipinski definition) is 6. The quantitative estimate of drug-likeness (QED) is 0.177. The van der Waals surface area contributed by atoms with E-state index in [9.17, 15) is 9.90 Å². The van der Waals surface area contributed by atoms with E-state index < -0.39 is 18.6 Å². The predicted molar refractivity (Wildman–Crippen MR) is 91.4 cm³/mol. The first kappa shape index (κ1) is 19.0. The van der Waals surface area contributed by atoms with Gasteiger partial charge in [0, 0.05) is 38.1 Å². The number of rotatable bonds is 7. The number of guanidine groups is 1. The minimum atomic E-state index is -1.38. The van der Waals surface area contributed by atoms with E-state index in [1.165, 1.54) is 0 Å². The van der Waals surface area contributed by atoms with Gasteiger partial charge in [-0.15, -0.1) is 0 Å². The molecule has 10 heteroatoms.